The van der Waals surface area contributed by atoms with Crippen LogP contribution in [0.1, 0.15) is 11.1 Å². The van der Waals surface area contributed by atoms with Gasteiger partial charge in [-0.15, -0.1) is 10.2 Å². The molecule has 0 N–H and O–H groups in total. The Kier molecular flexibility index (Phi) is 2.27. The second kappa shape index (κ2) is 3.58. The van der Waals surface area contributed by atoms with Gasteiger partial charge in [0.1, 0.15) is 6.20 Å². The van der Waals surface area contributed by atoms with Crippen molar-refractivity contribution >= 4 is 0 Å². The summed E-state index contributed by atoms with van der Waals surface area (Å²) >= 11 is 0. The predicted octanol–water partition coefficient (Wildman–Crippen LogP) is 2.56. The van der Waals surface area contributed by atoms with Gasteiger partial charge in [-0.3, -0.25) is 0 Å². The lowest BCUT2D eigenvalue weighted by Crippen LogP contribution is -1.90. The number of hydrogen-bond acceptors (Lipinski definition) is 2. The van der Waals surface area contributed by atoms with E-state index in [0.717, 1.165) is 11.3 Å². The third kappa shape index (κ3) is 1.51. The molecule has 0 amide bonds. The minimum absolute atomic E-state index is 0.907. The molecule has 1 heterocycles. The van der Waals surface area contributed by atoms with E-state index < -0.39 is 0 Å². The van der Waals surface area contributed by atoms with Crippen LogP contribution in [0.15, 0.2) is 30.3 Å². The smallest absolute Gasteiger partial charge is 0.113 e. The summed E-state index contributed by atoms with van der Waals surface area (Å²) in [6.45, 7) is 4.20. The third-order valence-electron chi connectivity index (χ3n) is 2.41. The Balaban J connectivity index is 2.58. The second-order valence-electron chi connectivity index (χ2n) is 3.30. The van der Waals surface area contributed by atoms with Crippen LogP contribution in [0.5, 0.6) is 0 Å². The van der Waals surface area contributed by atoms with Crippen LogP contribution in [-0.2, 0) is 0 Å². The lowest BCUT2D eigenvalue weighted by molar-refractivity contribution is 1.03. The Morgan fingerprint density at radius 1 is 1.14 bits per heavy atom. The van der Waals surface area contributed by atoms with Gasteiger partial charge >= 0.3 is 0 Å². The molecular weight excluding hydrogens is 172 g/mol. The van der Waals surface area contributed by atoms with Gasteiger partial charge in [-0.25, -0.2) is 0 Å². The van der Waals surface area contributed by atoms with Gasteiger partial charge in [0.05, 0.1) is 5.69 Å². The normalized spacial score (nSPS) is 10.1. The fraction of sp³-hybridized carbons (Fsp3) is 0.167. The van der Waals surface area contributed by atoms with E-state index in [1.54, 1.807) is 6.07 Å². The van der Waals surface area contributed by atoms with Crippen molar-refractivity contribution in [2.45, 2.75) is 13.8 Å². The summed E-state index contributed by atoms with van der Waals surface area (Å²) in [5.41, 5.74) is 4.58. The molecule has 0 atom stereocenters. The van der Waals surface area contributed by atoms with Crippen LogP contribution < -0.4 is 0 Å². The lowest BCUT2D eigenvalue weighted by atomic mass is 10.0. The van der Waals surface area contributed by atoms with E-state index in [-0.39, 0.29) is 0 Å². The predicted molar refractivity (Wildman–Crippen MR) is 55.8 cm³/mol. The third-order valence-corrected chi connectivity index (χ3v) is 2.41. The van der Waals surface area contributed by atoms with E-state index in [4.69, 9.17) is 0 Å². The molecule has 0 spiro atoms. The van der Waals surface area contributed by atoms with Gasteiger partial charge in [0.2, 0.25) is 0 Å². The first kappa shape index (κ1) is 8.88. The van der Waals surface area contributed by atoms with Crippen LogP contribution in [-0.4, -0.2) is 10.2 Å². The Morgan fingerprint density at radius 2 is 2.00 bits per heavy atom. The van der Waals surface area contributed by atoms with Crippen molar-refractivity contribution in [3.8, 4) is 11.3 Å². The molecule has 0 saturated heterocycles. The molecule has 0 aliphatic rings. The van der Waals surface area contributed by atoms with Gasteiger partial charge in [0.15, 0.2) is 0 Å². The number of benzene rings is 1. The van der Waals surface area contributed by atoms with Crippen molar-refractivity contribution in [1.29, 1.82) is 0 Å². The summed E-state index contributed by atoms with van der Waals surface area (Å²) < 4.78 is 0. The zero-order valence-corrected chi connectivity index (χ0v) is 8.28. The highest BCUT2D eigenvalue weighted by Gasteiger charge is 2.03. The molecule has 14 heavy (non-hydrogen) atoms. The topological polar surface area (TPSA) is 25.8 Å². The van der Waals surface area contributed by atoms with Crippen LogP contribution in [0.2, 0.25) is 0 Å². The molecular formula is C12H11N2. The molecule has 2 aromatic rings. The molecule has 1 radical (unpaired) electrons. The van der Waals surface area contributed by atoms with Crippen molar-refractivity contribution in [3.63, 3.8) is 0 Å². The lowest BCUT2D eigenvalue weighted by Gasteiger charge is -2.06. The molecule has 0 saturated carbocycles. The average molecular weight is 183 g/mol. The zero-order chi connectivity index (χ0) is 9.97. The monoisotopic (exact) mass is 183 g/mol. The summed E-state index contributed by atoms with van der Waals surface area (Å²) in [5.74, 6) is 0. The van der Waals surface area contributed by atoms with Gasteiger partial charge in [-0.2, -0.15) is 0 Å². The molecule has 2 rings (SSSR count). The van der Waals surface area contributed by atoms with Crippen LogP contribution in [0, 0.1) is 20.0 Å². The van der Waals surface area contributed by atoms with Crippen molar-refractivity contribution in [1.82, 2.24) is 10.2 Å². The Bertz CT molecular complexity index is 435. The number of aromatic nitrogens is 2. The molecule has 1 aromatic heterocycles. The number of nitrogens with zero attached hydrogens (tertiary/aromatic N) is 2. The molecule has 2 nitrogen and oxygen atoms in total. The summed E-state index contributed by atoms with van der Waals surface area (Å²) in [4.78, 5) is 0. The number of aryl methyl sites for hydroxylation is 1. The van der Waals surface area contributed by atoms with Crippen LogP contribution in [0.25, 0.3) is 11.3 Å². The standard InChI is InChI=1S/C12H11N2/c1-9-5-3-6-11(10(9)2)12-7-4-8-13-14-12/h3-7H,1-2H3. The van der Waals surface area contributed by atoms with Gasteiger partial charge in [0.25, 0.3) is 0 Å². The van der Waals surface area contributed by atoms with E-state index in [2.05, 4.69) is 42.4 Å². The quantitative estimate of drug-likeness (QED) is 0.679. The fourth-order valence-electron chi connectivity index (χ4n) is 1.44. The maximum absolute atomic E-state index is 4.05. The summed E-state index contributed by atoms with van der Waals surface area (Å²) in [6.07, 6.45) is 2.68. The van der Waals surface area contributed by atoms with E-state index in [1.807, 2.05) is 12.1 Å². The van der Waals surface area contributed by atoms with Crippen molar-refractivity contribution < 1.29 is 0 Å². The second-order valence-corrected chi connectivity index (χ2v) is 3.30. The largest absolute Gasteiger partial charge is 0.150 e. The summed E-state index contributed by atoms with van der Waals surface area (Å²) in [7, 11) is 0. The first-order valence-corrected chi connectivity index (χ1v) is 4.55. The molecule has 69 valence electrons. The zero-order valence-electron chi connectivity index (χ0n) is 8.28. The van der Waals surface area contributed by atoms with Gasteiger partial charge in [-0.05, 0) is 37.1 Å². The number of rotatable bonds is 1. The maximum Gasteiger partial charge on any atom is 0.113 e. The van der Waals surface area contributed by atoms with E-state index in [0.29, 0.717) is 0 Å². The molecule has 0 aliphatic carbocycles. The minimum atomic E-state index is 0.907. The Labute approximate surface area is 83.6 Å². The first-order valence-electron chi connectivity index (χ1n) is 4.55. The van der Waals surface area contributed by atoms with Gasteiger partial charge < -0.3 is 0 Å². The SMILES string of the molecule is Cc1cccc(-c2cc[c]nn2)c1C. The fourth-order valence-corrected chi connectivity index (χ4v) is 1.44. The van der Waals surface area contributed by atoms with Crippen LogP contribution in [0.3, 0.4) is 0 Å². The van der Waals surface area contributed by atoms with Crippen molar-refractivity contribution in [2.75, 3.05) is 0 Å². The summed E-state index contributed by atoms with van der Waals surface area (Å²) in [5, 5.41) is 7.80. The van der Waals surface area contributed by atoms with E-state index in [9.17, 15) is 0 Å². The highest BCUT2D eigenvalue weighted by Crippen LogP contribution is 2.22. The Hall–Kier alpha value is -1.70. The van der Waals surface area contributed by atoms with Gasteiger partial charge in [-0.1, -0.05) is 18.2 Å². The van der Waals surface area contributed by atoms with Crippen molar-refractivity contribution in [3.05, 3.63) is 47.7 Å². The van der Waals surface area contributed by atoms with Crippen molar-refractivity contribution in [2.24, 2.45) is 0 Å². The van der Waals surface area contributed by atoms with E-state index >= 15 is 0 Å². The highest BCUT2D eigenvalue weighted by atomic mass is 15.1. The number of hydrogen-bond donors (Lipinski definition) is 0. The summed E-state index contributed by atoms with van der Waals surface area (Å²) in [6, 6.07) is 9.91. The molecule has 0 bridgehead atoms. The molecule has 0 fully saturated rings. The minimum Gasteiger partial charge on any atom is -0.150 e. The highest BCUT2D eigenvalue weighted by molar-refractivity contribution is 5.64. The van der Waals surface area contributed by atoms with Gasteiger partial charge in [0, 0.05) is 5.56 Å². The molecule has 1 aromatic carbocycles. The van der Waals surface area contributed by atoms with E-state index in [1.165, 1.54) is 11.1 Å². The maximum atomic E-state index is 4.05. The molecule has 0 aliphatic heterocycles. The van der Waals surface area contributed by atoms with Crippen LogP contribution >= 0.6 is 0 Å². The average Bonchev–Trinajstić information content (AvgIpc) is 2.23. The Morgan fingerprint density at radius 3 is 2.71 bits per heavy atom. The molecule has 2 heteroatoms. The molecule has 0 unspecified atom stereocenters. The van der Waals surface area contributed by atoms with Crippen LogP contribution in [0.4, 0.5) is 0 Å². The first-order chi connectivity index (χ1) is 6.79.